The molecule has 0 aromatic rings. The van der Waals surface area contributed by atoms with Crippen molar-refractivity contribution in [2.75, 3.05) is 40.5 Å². The third kappa shape index (κ3) is 6.43. The lowest BCUT2D eigenvalue weighted by molar-refractivity contribution is -0.132. The van der Waals surface area contributed by atoms with E-state index in [1.807, 2.05) is 6.92 Å². The highest BCUT2D eigenvalue weighted by Crippen LogP contribution is 1.97. The van der Waals surface area contributed by atoms with Crippen molar-refractivity contribution < 1.29 is 14.3 Å². The Morgan fingerprint density at radius 1 is 1.40 bits per heavy atom. The van der Waals surface area contributed by atoms with Gasteiger partial charge in [-0.15, -0.1) is 0 Å². The largest absolute Gasteiger partial charge is 0.382 e. The Balaban J connectivity index is 3.56. The number of methoxy groups -OCH3 is 1. The third-order valence-electron chi connectivity index (χ3n) is 2.29. The normalized spacial score (nSPS) is 12.5. The van der Waals surface area contributed by atoms with Crippen LogP contribution in [0.1, 0.15) is 13.3 Å². The minimum Gasteiger partial charge on any atom is -0.382 e. The molecule has 0 spiro atoms. The summed E-state index contributed by atoms with van der Waals surface area (Å²) < 4.78 is 10.0. The van der Waals surface area contributed by atoms with Crippen molar-refractivity contribution in [2.45, 2.75) is 19.4 Å². The SMILES string of the molecule is COCCOCCC(=O)N(C)C(C)CN. The van der Waals surface area contributed by atoms with Gasteiger partial charge < -0.3 is 20.1 Å². The van der Waals surface area contributed by atoms with Gasteiger partial charge >= 0.3 is 0 Å². The van der Waals surface area contributed by atoms with E-state index >= 15 is 0 Å². The standard InChI is InChI=1S/C10H22N2O3/c1-9(8-11)12(2)10(13)4-5-15-7-6-14-3/h9H,4-8,11H2,1-3H3. The van der Waals surface area contributed by atoms with E-state index < -0.39 is 0 Å². The van der Waals surface area contributed by atoms with Crippen molar-refractivity contribution in [3.8, 4) is 0 Å². The van der Waals surface area contributed by atoms with Gasteiger partial charge in [-0.1, -0.05) is 0 Å². The second kappa shape index (κ2) is 8.64. The van der Waals surface area contributed by atoms with E-state index in [4.69, 9.17) is 15.2 Å². The topological polar surface area (TPSA) is 64.8 Å². The predicted molar refractivity (Wildman–Crippen MR) is 58.6 cm³/mol. The van der Waals surface area contributed by atoms with Gasteiger partial charge in [0.05, 0.1) is 26.2 Å². The van der Waals surface area contributed by atoms with Crippen LogP contribution in [-0.2, 0) is 14.3 Å². The zero-order valence-corrected chi connectivity index (χ0v) is 9.86. The highest BCUT2D eigenvalue weighted by Gasteiger charge is 2.13. The number of carbonyl (C=O) groups is 1. The van der Waals surface area contributed by atoms with Crippen LogP contribution in [0.5, 0.6) is 0 Å². The van der Waals surface area contributed by atoms with Gasteiger partial charge in [-0.2, -0.15) is 0 Å². The molecule has 0 aliphatic carbocycles. The van der Waals surface area contributed by atoms with Crippen molar-refractivity contribution in [1.82, 2.24) is 4.90 Å². The van der Waals surface area contributed by atoms with Crippen LogP contribution in [-0.4, -0.2) is 57.4 Å². The molecule has 0 aromatic heterocycles. The highest BCUT2D eigenvalue weighted by molar-refractivity contribution is 5.76. The van der Waals surface area contributed by atoms with Crippen LogP contribution in [0.4, 0.5) is 0 Å². The van der Waals surface area contributed by atoms with E-state index in [0.29, 0.717) is 32.8 Å². The Hall–Kier alpha value is -0.650. The molecule has 0 radical (unpaired) electrons. The van der Waals surface area contributed by atoms with Gasteiger partial charge in [0.1, 0.15) is 0 Å². The molecule has 5 heteroatoms. The number of carbonyl (C=O) groups excluding carboxylic acids is 1. The molecule has 0 bridgehead atoms. The Kier molecular flexibility index (Phi) is 8.27. The number of hydrogen-bond acceptors (Lipinski definition) is 4. The van der Waals surface area contributed by atoms with Gasteiger partial charge in [0.25, 0.3) is 0 Å². The molecule has 0 aliphatic heterocycles. The Labute approximate surface area is 91.5 Å². The number of nitrogens with zero attached hydrogens (tertiary/aromatic N) is 1. The Morgan fingerprint density at radius 2 is 2.07 bits per heavy atom. The fraction of sp³-hybridized carbons (Fsp3) is 0.900. The molecule has 0 aromatic carbocycles. The summed E-state index contributed by atoms with van der Waals surface area (Å²) in [7, 11) is 3.38. The first-order chi connectivity index (χ1) is 7.13. The van der Waals surface area contributed by atoms with Gasteiger partial charge in [-0.05, 0) is 6.92 Å². The van der Waals surface area contributed by atoms with Crippen LogP contribution < -0.4 is 5.73 Å². The lowest BCUT2D eigenvalue weighted by Gasteiger charge is -2.23. The van der Waals surface area contributed by atoms with Gasteiger partial charge in [0.15, 0.2) is 0 Å². The van der Waals surface area contributed by atoms with Crippen LogP contribution in [0.25, 0.3) is 0 Å². The number of likely N-dealkylation sites (N-methyl/N-ethyl adjacent to an activating group) is 1. The molecule has 1 unspecified atom stereocenters. The zero-order valence-electron chi connectivity index (χ0n) is 9.86. The second-order valence-corrected chi connectivity index (χ2v) is 3.44. The van der Waals surface area contributed by atoms with Crippen LogP contribution in [0.2, 0.25) is 0 Å². The van der Waals surface area contributed by atoms with Crippen LogP contribution in [0.3, 0.4) is 0 Å². The fourth-order valence-electron chi connectivity index (χ4n) is 0.984. The van der Waals surface area contributed by atoms with Crippen LogP contribution in [0.15, 0.2) is 0 Å². The summed E-state index contributed by atoms with van der Waals surface area (Å²) in [5, 5.41) is 0. The van der Waals surface area contributed by atoms with E-state index in [9.17, 15) is 4.79 Å². The molecule has 15 heavy (non-hydrogen) atoms. The molecule has 0 saturated carbocycles. The quantitative estimate of drug-likeness (QED) is 0.575. The summed E-state index contributed by atoms with van der Waals surface area (Å²) in [5.41, 5.74) is 5.46. The molecule has 0 fully saturated rings. The summed E-state index contributed by atoms with van der Waals surface area (Å²) in [4.78, 5) is 13.2. The van der Waals surface area contributed by atoms with E-state index in [1.165, 1.54) is 0 Å². The maximum absolute atomic E-state index is 11.5. The Bertz CT molecular complexity index is 176. The average molecular weight is 218 g/mol. The minimum absolute atomic E-state index is 0.0605. The van der Waals surface area contributed by atoms with Crippen LogP contribution in [0, 0.1) is 0 Å². The smallest absolute Gasteiger partial charge is 0.224 e. The number of rotatable bonds is 8. The molecule has 0 saturated heterocycles. The summed E-state index contributed by atoms with van der Waals surface area (Å²) in [6.45, 7) is 3.92. The summed E-state index contributed by atoms with van der Waals surface area (Å²) in [5.74, 6) is 0.0605. The molecule has 90 valence electrons. The summed E-state index contributed by atoms with van der Waals surface area (Å²) in [6, 6.07) is 0.0801. The molecule has 5 nitrogen and oxygen atoms in total. The lowest BCUT2D eigenvalue weighted by atomic mass is 10.3. The fourth-order valence-corrected chi connectivity index (χ4v) is 0.984. The van der Waals surface area contributed by atoms with Gasteiger partial charge in [-0.25, -0.2) is 0 Å². The number of ether oxygens (including phenoxy) is 2. The molecular weight excluding hydrogens is 196 g/mol. The second-order valence-electron chi connectivity index (χ2n) is 3.44. The van der Waals surface area contributed by atoms with Crippen molar-refractivity contribution in [2.24, 2.45) is 5.73 Å². The van der Waals surface area contributed by atoms with Crippen molar-refractivity contribution >= 4 is 5.91 Å². The van der Waals surface area contributed by atoms with Gasteiger partial charge in [-0.3, -0.25) is 4.79 Å². The molecule has 0 aliphatic rings. The number of hydrogen-bond donors (Lipinski definition) is 1. The first-order valence-electron chi connectivity index (χ1n) is 5.15. The molecule has 2 N–H and O–H groups in total. The summed E-state index contributed by atoms with van der Waals surface area (Å²) in [6.07, 6.45) is 0.393. The monoisotopic (exact) mass is 218 g/mol. The van der Waals surface area contributed by atoms with Crippen LogP contribution >= 0.6 is 0 Å². The predicted octanol–water partition coefficient (Wildman–Crippen LogP) is -0.155. The first kappa shape index (κ1) is 14.3. The number of amides is 1. The van der Waals surface area contributed by atoms with E-state index in [1.54, 1.807) is 19.1 Å². The van der Waals surface area contributed by atoms with E-state index in [2.05, 4.69) is 0 Å². The molecular formula is C10H22N2O3. The minimum atomic E-state index is 0.0605. The molecule has 0 heterocycles. The van der Waals surface area contributed by atoms with Crippen molar-refractivity contribution in [3.05, 3.63) is 0 Å². The molecule has 0 rings (SSSR count). The lowest BCUT2D eigenvalue weighted by Crippen LogP contribution is -2.40. The van der Waals surface area contributed by atoms with Gasteiger partial charge in [0.2, 0.25) is 5.91 Å². The average Bonchev–Trinajstić information content (AvgIpc) is 2.26. The van der Waals surface area contributed by atoms with Crippen molar-refractivity contribution in [1.29, 1.82) is 0 Å². The molecule has 1 amide bonds. The van der Waals surface area contributed by atoms with E-state index in [0.717, 1.165) is 0 Å². The first-order valence-corrected chi connectivity index (χ1v) is 5.15. The third-order valence-corrected chi connectivity index (χ3v) is 2.29. The summed E-state index contributed by atoms with van der Waals surface area (Å²) >= 11 is 0. The highest BCUT2D eigenvalue weighted by atomic mass is 16.5. The van der Waals surface area contributed by atoms with Gasteiger partial charge in [0, 0.05) is 26.7 Å². The Morgan fingerprint density at radius 3 is 2.60 bits per heavy atom. The number of nitrogens with two attached hydrogens (primary N) is 1. The molecule has 1 atom stereocenters. The maximum Gasteiger partial charge on any atom is 0.224 e. The maximum atomic E-state index is 11.5. The van der Waals surface area contributed by atoms with E-state index in [-0.39, 0.29) is 11.9 Å². The zero-order chi connectivity index (χ0) is 11.7. The van der Waals surface area contributed by atoms with Crippen molar-refractivity contribution in [3.63, 3.8) is 0 Å².